The number of ether oxygens (including phenoxy) is 1. The van der Waals surface area contributed by atoms with Crippen LogP contribution in [0.3, 0.4) is 0 Å². The molecule has 0 spiro atoms. The quantitative estimate of drug-likeness (QED) is 0.462. The molecule has 0 aromatic heterocycles. The van der Waals surface area contributed by atoms with Crippen LogP contribution in [-0.2, 0) is 9.53 Å². The minimum atomic E-state index is -0.261. The Bertz CT molecular complexity index is 159. The van der Waals surface area contributed by atoms with Crippen molar-refractivity contribution in [2.24, 2.45) is 5.92 Å². The highest BCUT2D eigenvalue weighted by Gasteiger charge is 2.02. The highest BCUT2D eigenvalue weighted by atomic mass is 16.5. The van der Waals surface area contributed by atoms with Crippen LogP contribution in [0.2, 0.25) is 0 Å². The first-order chi connectivity index (χ1) is 5.11. The molecular formula is C9H16O2. The van der Waals surface area contributed by atoms with Gasteiger partial charge in [-0.05, 0) is 19.3 Å². The first kappa shape index (κ1) is 10.2. The zero-order valence-electron chi connectivity index (χ0n) is 7.68. The molecule has 2 heteroatoms. The number of esters is 1. The zero-order chi connectivity index (χ0) is 8.85. The van der Waals surface area contributed by atoms with E-state index in [9.17, 15) is 4.79 Å². The lowest BCUT2D eigenvalue weighted by Crippen LogP contribution is -2.00. The van der Waals surface area contributed by atoms with Crippen molar-refractivity contribution in [1.29, 1.82) is 0 Å². The summed E-state index contributed by atoms with van der Waals surface area (Å²) in [5, 5.41) is 0. The first-order valence-corrected chi connectivity index (χ1v) is 3.88. The van der Waals surface area contributed by atoms with Crippen LogP contribution in [0.25, 0.3) is 0 Å². The minimum absolute atomic E-state index is 0.261. The van der Waals surface area contributed by atoms with Gasteiger partial charge >= 0.3 is 5.97 Å². The van der Waals surface area contributed by atoms with Crippen LogP contribution in [0, 0.1) is 5.92 Å². The third kappa shape index (κ3) is 3.81. The molecule has 64 valence electrons. The Morgan fingerprint density at radius 2 is 2.18 bits per heavy atom. The van der Waals surface area contributed by atoms with Gasteiger partial charge in [0, 0.05) is 6.08 Å². The summed E-state index contributed by atoms with van der Waals surface area (Å²) in [6.45, 7) is 6.14. The molecule has 0 radical (unpaired) electrons. The molecule has 0 amide bonds. The number of carbonyl (C=O) groups excluding carboxylic acids is 1. The van der Waals surface area contributed by atoms with Gasteiger partial charge in [-0.15, -0.1) is 0 Å². The summed E-state index contributed by atoms with van der Waals surface area (Å²) >= 11 is 0. The third-order valence-corrected chi connectivity index (χ3v) is 1.94. The van der Waals surface area contributed by atoms with Crippen LogP contribution in [0.1, 0.15) is 27.2 Å². The van der Waals surface area contributed by atoms with Crippen molar-refractivity contribution in [3.8, 4) is 0 Å². The maximum absolute atomic E-state index is 10.7. The molecule has 0 heterocycles. The Labute approximate surface area is 68.2 Å². The SMILES string of the molecule is CCC(C)C(C)=CC(=O)OC. The van der Waals surface area contributed by atoms with Crippen LogP contribution in [0.5, 0.6) is 0 Å². The van der Waals surface area contributed by atoms with E-state index in [0.29, 0.717) is 5.92 Å². The summed E-state index contributed by atoms with van der Waals surface area (Å²) in [5.74, 6) is 0.205. The predicted octanol–water partition coefficient (Wildman–Crippen LogP) is 2.15. The topological polar surface area (TPSA) is 26.3 Å². The maximum Gasteiger partial charge on any atom is 0.330 e. The smallest absolute Gasteiger partial charge is 0.330 e. The van der Waals surface area contributed by atoms with Gasteiger partial charge in [-0.3, -0.25) is 0 Å². The summed E-state index contributed by atoms with van der Waals surface area (Å²) in [4.78, 5) is 10.7. The molecule has 0 aromatic carbocycles. The van der Waals surface area contributed by atoms with Crippen molar-refractivity contribution in [2.45, 2.75) is 27.2 Å². The molecule has 0 N–H and O–H groups in total. The van der Waals surface area contributed by atoms with E-state index in [1.165, 1.54) is 7.11 Å². The Hall–Kier alpha value is -0.790. The van der Waals surface area contributed by atoms with Crippen molar-refractivity contribution < 1.29 is 9.53 Å². The van der Waals surface area contributed by atoms with Gasteiger partial charge in [0.1, 0.15) is 0 Å². The van der Waals surface area contributed by atoms with Crippen molar-refractivity contribution in [1.82, 2.24) is 0 Å². The lowest BCUT2D eigenvalue weighted by molar-refractivity contribution is -0.134. The molecule has 0 bridgehead atoms. The molecule has 1 atom stereocenters. The fourth-order valence-corrected chi connectivity index (χ4v) is 0.709. The first-order valence-electron chi connectivity index (χ1n) is 3.88. The fourth-order valence-electron chi connectivity index (χ4n) is 0.709. The summed E-state index contributed by atoms with van der Waals surface area (Å²) < 4.78 is 4.50. The summed E-state index contributed by atoms with van der Waals surface area (Å²) in [6, 6.07) is 0. The molecule has 0 saturated carbocycles. The van der Waals surface area contributed by atoms with Gasteiger partial charge in [0.05, 0.1) is 7.11 Å². The molecule has 0 fully saturated rings. The second-order valence-electron chi connectivity index (χ2n) is 2.72. The number of carbonyl (C=O) groups is 1. The van der Waals surface area contributed by atoms with Gasteiger partial charge in [-0.2, -0.15) is 0 Å². The second-order valence-corrected chi connectivity index (χ2v) is 2.72. The van der Waals surface area contributed by atoms with Crippen molar-refractivity contribution in [2.75, 3.05) is 7.11 Å². The Morgan fingerprint density at radius 1 is 1.64 bits per heavy atom. The van der Waals surface area contributed by atoms with Gasteiger partial charge in [0.25, 0.3) is 0 Å². The van der Waals surface area contributed by atoms with Gasteiger partial charge in [-0.1, -0.05) is 19.4 Å². The van der Waals surface area contributed by atoms with Crippen LogP contribution in [0.15, 0.2) is 11.6 Å². The molecule has 2 nitrogen and oxygen atoms in total. The molecule has 0 aliphatic carbocycles. The van der Waals surface area contributed by atoms with Crippen molar-refractivity contribution in [3.63, 3.8) is 0 Å². The fraction of sp³-hybridized carbons (Fsp3) is 0.667. The van der Waals surface area contributed by atoms with Gasteiger partial charge in [0.2, 0.25) is 0 Å². The van der Waals surface area contributed by atoms with E-state index in [0.717, 1.165) is 12.0 Å². The largest absolute Gasteiger partial charge is 0.466 e. The summed E-state index contributed by atoms with van der Waals surface area (Å²) in [7, 11) is 1.39. The normalized spacial score (nSPS) is 14.4. The van der Waals surface area contributed by atoms with E-state index >= 15 is 0 Å². The molecule has 0 saturated heterocycles. The minimum Gasteiger partial charge on any atom is -0.466 e. The Balaban J connectivity index is 4.09. The Kier molecular flexibility index (Phi) is 4.59. The van der Waals surface area contributed by atoms with Crippen molar-refractivity contribution >= 4 is 5.97 Å². The standard InChI is InChI=1S/C9H16O2/c1-5-7(2)8(3)6-9(10)11-4/h6-7H,5H2,1-4H3. The molecular weight excluding hydrogens is 140 g/mol. The summed E-state index contributed by atoms with van der Waals surface area (Å²) in [6.07, 6.45) is 2.60. The number of allylic oxidation sites excluding steroid dienone is 1. The van der Waals surface area contributed by atoms with E-state index in [-0.39, 0.29) is 5.97 Å². The van der Waals surface area contributed by atoms with E-state index in [4.69, 9.17) is 0 Å². The average molecular weight is 156 g/mol. The molecule has 11 heavy (non-hydrogen) atoms. The highest BCUT2D eigenvalue weighted by molar-refractivity contribution is 5.82. The number of rotatable bonds is 3. The molecule has 0 aliphatic rings. The van der Waals surface area contributed by atoms with E-state index in [1.54, 1.807) is 6.08 Å². The van der Waals surface area contributed by atoms with Crippen LogP contribution < -0.4 is 0 Å². The zero-order valence-corrected chi connectivity index (χ0v) is 7.68. The predicted molar refractivity (Wildman–Crippen MR) is 45.2 cm³/mol. The van der Waals surface area contributed by atoms with Crippen LogP contribution in [0.4, 0.5) is 0 Å². The van der Waals surface area contributed by atoms with Gasteiger partial charge in [0.15, 0.2) is 0 Å². The average Bonchev–Trinajstić information content (AvgIpc) is 2.02. The van der Waals surface area contributed by atoms with Gasteiger partial charge < -0.3 is 4.74 Å². The van der Waals surface area contributed by atoms with Crippen LogP contribution >= 0.6 is 0 Å². The number of hydrogen-bond acceptors (Lipinski definition) is 2. The van der Waals surface area contributed by atoms with E-state index < -0.39 is 0 Å². The summed E-state index contributed by atoms with van der Waals surface area (Å²) in [5.41, 5.74) is 1.08. The molecule has 1 unspecified atom stereocenters. The van der Waals surface area contributed by atoms with E-state index in [2.05, 4.69) is 18.6 Å². The van der Waals surface area contributed by atoms with Crippen molar-refractivity contribution in [3.05, 3.63) is 11.6 Å². The Morgan fingerprint density at radius 3 is 2.55 bits per heavy atom. The number of methoxy groups -OCH3 is 1. The highest BCUT2D eigenvalue weighted by Crippen LogP contribution is 2.12. The third-order valence-electron chi connectivity index (χ3n) is 1.94. The maximum atomic E-state index is 10.7. The monoisotopic (exact) mass is 156 g/mol. The van der Waals surface area contributed by atoms with E-state index in [1.807, 2.05) is 6.92 Å². The number of hydrogen-bond donors (Lipinski definition) is 0. The molecule has 0 aliphatic heterocycles. The lowest BCUT2D eigenvalue weighted by atomic mass is 10.00. The van der Waals surface area contributed by atoms with Crippen LogP contribution in [-0.4, -0.2) is 13.1 Å². The second kappa shape index (κ2) is 4.94. The van der Waals surface area contributed by atoms with Gasteiger partial charge in [-0.25, -0.2) is 4.79 Å². The lowest BCUT2D eigenvalue weighted by Gasteiger charge is -2.07. The molecule has 0 aromatic rings. The molecule has 0 rings (SSSR count).